The normalized spacial score (nSPS) is 10.3. The number of nitrogens with zero attached hydrogens (tertiary/aromatic N) is 1. The molecule has 2 rings (SSSR count). The first kappa shape index (κ1) is 12.9. The van der Waals surface area contributed by atoms with Gasteiger partial charge in [0.15, 0.2) is 5.69 Å². The van der Waals surface area contributed by atoms with Gasteiger partial charge in [-0.15, -0.1) is 0 Å². The molecule has 0 aromatic carbocycles. The standard InChI is InChI=1S/C13H14N2O4/c1-7-9(14-2)4-12(19-7)8-6-15-10(13(16)17)5-11(8)18-3/h4-6,14H,1-3H3,(H,16,17). The Hall–Kier alpha value is -2.50. The molecule has 100 valence electrons. The van der Waals surface area contributed by atoms with Crippen molar-refractivity contribution in [2.45, 2.75) is 6.92 Å². The molecule has 6 heteroatoms. The number of carboxylic acids is 1. The van der Waals surface area contributed by atoms with E-state index in [2.05, 4.69) is 10.3 Å². The molecule has 6 nitrogen and oxygen atoms in total. The molecule has 2 aromatic rings. The van der Waals surface area contributed by atoms with E-state index in [0.29, 0.717) is 17.1 Å². The lowest BCUT2D eigenvalue weighted by Gasteiger charge is -2.06. The zero-order valence-electron chi connectivity index (χ0n) is 10.9. The minimum absolute atomic E-state index is 0.0716. The zero-order valence-corrected chi connectivity index (χ0v) is 10.9. The highest BCUT2D eigenvalue weighted by molar-refractivity contribution is 5.87. The van der Waals surface area contributed by atoms with Crippen molar-refractivity contribution in [3.63, 3.8) is 0 Å². The molecule has 0 saturated carbocycles. The number of carbonyl (C=O) groups is 1. The van der Waals surface area contributed by atoms with Gasteiger partial charge in [0.25, 0.3) is 0 Å². The van der Waals surface area contributed by atoms with E-state index in [-0.39, 0.29) is 5.69 Å². The number of nitrogens with one attached hydrogen (secondary N) is 1. The highest BCUT2D eigenvalue weighted by atomic mass is 16.5. The average molecular weight is 262 g/mol. The number of carboxylic acid groups (broad SMARTS) is 1. The Morgan fingerprint density at radius 1 is 1.47 bits per heavy atom. The molecule has 0 aliphatic rings. The van der Waals surface area contributed by atoms with Crippen molar-refractivity contribution in [1.29, 1.82) is 0 Å². The Labute approximate surface area is 110 Å². The third-order valence-corrected chi connectivity index (χ3v) is 2.76. The molecule has 0 saturated heterocycles. The molecule has 0 fully saturated rings. The minimum Gasteiger partial charge on any atom is -0.496 e. The molecule has 0 bridgehead atoms. The summed E-state index contributed by atoms with van der Waals surface area (Å²) in [6, 6.07) is 3.18. The minimum atomic E-state index is -1.10. The van der Waals surface area contributed by atoms with E-state index in [4.69, 9.17) is 14.3 Å². The Morgan fingerprint density at radius 2 is 2.21 bits per heavy atom. The topological polar surface area (TPSA) is 84.6 Å². The van der Waals surface area contributed by atoms with Crippen molar-refractivity contribution in [3.05, 3.63) is 29.8 Å². The van der Waals surface area contributed by atoms with Crippen molar-refractivity contribution < 1.29 is 19.1 Å². The van der Waals surface area contributed by atoms with Crippen LogP contribution in [0.4, 0.5) is 5.69 Å². The summed E-state index contributed by atoms with van der Waals surface area (Å²) in [4.78, 5) is 14.7. The van der Waals surface area contributed by atoms with E-state index >= 15 is 0 Å². The predicted octanol–water partition coefficient (Wildman–Crippen LogP) is 2.40. The first-order valence-electron chi connectivity index (χ1n) is 5.62. The van der Waals surface area contributed by atoms with E-state index in [1.807, 2.05) is 13.0 Å². The van der Waals surface area contributed by atoms with Gasteiger partial charge < -0.3 is 19.6 Å². The number of anilines is 1. The summed E-state index contributed by atoms with van der Waals surface area (Å²) < 4.78 is 10.8. The summed E-state index contributed by atoms with van der Waals surface area (Å²) in [5, 5.41) is 11.9. The Morgan fingerprint density at radius 3 is 2.74 bits per heavy atom. The fraction of sp³-hybridized carbons (Fsp3) is 0.231. The van der Waals surface area contributed by atoms with E-state index in [1.165, 1.54) is 19.4 Å². The van der Waals surface area contributed by atoms with Crippen LogP contribution in [-0.4, -0.2) is 30.2 Å². The Balaban J connectivity index is 2.51. The molecule has 2 N–H and O–H groups in total. The van der Waals surface area contributed by atoms with Crippen molar-refractivity contribution in [3.8, 4) is 17.1 Å². The van der Waals surface area contributed by atoms with Gasteiger partial charge in [-0.3, -0.25) is 0 Å². The number of hydrogen-bond acceptors (Lipinski definition) is 5. The summed E-state index contributed by atoms with van der Waals surface area (Å²) in [5.41, 5.74) is 1.40. The summed E-state index contributed by atoms with van der Waals surface area (Å²) in [7, 11) is 3.27. The number of ether oxygens (including phenoxy) is 1. The van der Waals surface area contributed by atoms with Gasteiger partial charge in [-0.25, -0.2) is 9.78 Å². The number of hydrogen-bond donors (Lipinski definition) is 2. The maximum Gasteiger partial charge on any atom is 0.354 e. The predicted molar refractivity (Wildman–Crippen MR) is 69.7 cm³/mol. The van der Waals surface area contributed by atoms with Crippen LogP contribution in [0.25, 0.3) is 11.3 Å². The quantitative estimate of drug-likeness (QED) is 0.880. The van der Waals surface area contributed by atoms with Crippen LogP contribution in [0.3, 0.4) is 0 Å². The highest BCUT2D eigenvalue weighted by Crippen LogP contribution is 2.34. The van der Waals surface area contributed by atoms with Crippen molar-refractivity contribution >= 4 is 11.7 Å². The number of methoxy groups -OCH3 is 1. The number of aromatic nitrogens is 1. The molecule has 19 heavy (non-hydrogen) atoms. The van der Waals surface area contributed by atoms with Crippen LogP contribution >= 0.6 is 0 Å². The third-order valence-electron chi connectivity index (χ3n) is 2.76. The number of furan rings is 1. The average Bonchev–Trinajstić information content (AvgIpc) is 2.78. The summed E-state index contributed by atoms with van der Waals surface area (Å²) in [6.07, 6.45) is 1.43. The zero-order chi connectivity index (χ0) is 14.0. The summed E-state index contributed by atoms with van der Waals surface area (Å²) in [5.74, 6) is 0.616. The van der Waals surface area contributed by atoms with Crippen molar-refractivity contribution in [2.75, 3.05) is 19.5 Å². The second-order valence-corrected chi connectivity index (χ2v) is 3.91. The van der Waals surface area contributed by atoms with Gasteiger partial charge in [-0.05, 0) is 6.92 Å². The molecular weight excluding hydrogens is 248 g/mol. The van der Waals surface area contributed by atoms with E-state index in [9.17, 15) is 4.79 Å². The number of pyridine rings is 1. The number of aryl methyl sites for hydroxylation is 1. The lowest BCUT2D eigenvalue weighted by molar-refractivity contribution is 0.0690. The highest BCUT2D eigenvalue weighted by Gasteiger charge is 2.16. The number of aromatic carboxylic acids is 1. The lowest BCUT2D eigenvalue weighted by atomic mass is 10.2. The van der Waals surface area contributed by atoms with Crippen molar-refractivity contribution in [2.24, 2.45) is 0 Å². The molecule has 0 radical (unpaired) electrons. The molecule has 0 spiro atoms. The SMILES string of the molecule is CNc1cc(-c2cnc(C(=O)O)cc2OC)oc1C. The van der Waals surface area contributed by atoms with Gasteiger partial charge >= 0.3 is 5.97 Å². The molecule has 0 aliphatic heterocycles. The fourth-order valence-electron chi connectivity index (χ4n) is 1.77. The molecular formula is C13H14N2O4. The third kappa shape index (κ3) is 2.37. The molecule has 0 unspecified atom stereocenters. The lowest BCUT2D eigenvalue weighted by Crippen LogP contribution is -2.01. The van der Waals surface area contributed by atoms with Gasteiger partial charge in [-0.2, -0.15) is 0 Å². The van der Waals surface area contributed by atoms with Crippen LogP contribution in [-0.2, 0) is 0 Å². The van der Waals surface area contributed by atoms with Crippen LogP contribution in [0.1, 0.15) is 16.2 Å². The second kappa shape index (κ2) is 5.01. The second-order valence-electron chi connectivity index (χ2n) is 3.91. The van der Waals surface area contributed by atoms with Crippen LogP contribution in [0.15, 0.2) is 22.7 Å². The monoisotopic (exact) mass is 262 g/mol. The molecule has 0 atom stereocenters. The van der Waals surface area contributed by atoms with Gasteiger partial charge in [0.05, 0.1) is 18.4 Å². The largest absolute Gasteiger partial charge is 0.496 e. The van der Waals surface area contributed by atoms with Gasteiger partial charge in [0, 0.05) is 25.4 Å². The molecule has 0 aliphatic carbocycles. The van der Waals surface area contributed by atoms with Crippen LogP contribution < -0.4 is 10.1 Å². The summed E-state index contributed by atoms with van der Waals surface area (Å²) in [6.45, 7) is 1.83. The van der Waals surface area contributed by atoms with E-state index in [0.717, 1.165) is 11.4 Å². The maximum absolute atomic E-state index is 10.9. The maximum atomic E-state index is 10.9. The Bertz CT molecular complexity index is 619. The van der Waals surface area contributed by atoms with Gasteiger partial charge in [0.2, 0.25) is 0 Å². The van der Waals surface area contributed by atoms with Crippen LogP contribution in [0.2, 0.25) is 0 Å². The van der Waals surface area contributed by atoms with Gasteiger partial charge in [0.1, 0.15) is 17.3 Å². The molecule has 0 amide bonds. The fourth-order valence-corrected chi connectivity index (χ4v) is 1.77. The molecule has 2 heterocycles. The van der Waals surface area contributed by atoms with Crippen molar-refractivity contribution in [1.82, 2.24) is 4.98 Å². The van der Waals surface area contributed by atoms with Crippen LogP contribution in [0, 0.1) is 6.92 Å². The smallest absolute Gasteiger partial charge is 0.354 e. The first-order chi connectivity index (χ1) is 9.06. The molecule has 2 aromatic heterocycles. The first-order valence-corrected chi connectivity index (χ1v) is 5.62. The number of rotatable bonds is 4. The van der Waals surface area contributed by atoms with Gasteiger partial charge in [-0.1, -0.05) is 0 Å². The van der Waals surface area contributed by atoms with Crippen LogP contribution in [0.5, 0.6) is 5.75 Å². The Kier molecular flexibility index (Phi) is 3.41. The van der Waals surface area contributed by atoms with E-state index < -0.39 is 5.97 Å². The summed E-state index contributed by atoms with van der Waals surface area (Å²) >= 11 is 0. The van der Waals surface area contributed by atoms with E-state index in [1.54, 1.807) is 7.05 Å².